The third kappa shape index (κ3) is 4.12. The highest BCUT2D eigenvalue weighted by Gasteiger charge is 2.14. The molecule has 0 saturated carbocycles. The van der Waals surface area contributed by atoms with Crippen LogP contribution in [0.1, 0.15) is 13.3 Å². The number of halogens is 1. The molecule has 0 unspecified atom stereocenters. The minimum absolute atomic E-state index is 0.201. The van der Waals surface area contributed by atoms with E-state index in [1.807, 2.05) is 6.92 Å². The summed E-state index contributed by atoms with van der Waals surface area (Å²) in [6.07, 6.45) is 0.874. The van der Waals surface area contributed by atoms with Gasteiger partial charge in [0, 0.05) is 0 Å². The molecule has 0 saturated heterocycles. The molecule has 4 nitrogen and oxygen atoms in total. The van der Waals surface area contributed by atoms with Crippen LogP contribution in [-0.4, -0.2) is 15.0 Å². The average molecular weight is 326 g/mol. The van der Waals surface area contributed by atoms with Gasteiger partial charge in [-0.3, -0.25) is 4.72 Å². The molecule has 21 heavy (non-hydrogen) atoms. The van der Waals surface area contributed by atoms with Gasteiger partial charge in [-0.25, -0.2) is 8.42 Å². The number of anilines is 1. The van der Waals surface area contributed by atoms with Crippen molar-refractivity contribution in [3.05, 3.63) is 53.6 Å². The highest BCUT2D eigenvalue weighted by molar-refractivity contribution is 7.92. The zero-order valence-electron chi connectivity index (χ0n) is 11.5. The fourth-order valence-corrected chi connectivity index (χ4v) is 3.01. The van der Waals surface area contributed by atoms with Crippen LogP contribution in [0.3, 0.4) is 0 Å². The smallest absolute Gasteiger partial charge is 0.261 e. The first-order valence-corrected chi connectivity index (χ1v) is 8.39. The summed E-state index contributed by atoms with van der Waals surface area (Å²) < 4.78 is 32.3. The summed E-state index contributed by atoms with van der Waals surface area (Å²) in [7, 11) is -3.61. The minimum atomic E-state index is -3.61. The van der Waals surface area contributed by atoms with Crippen molar-refractivity contribution in [1.29, 1.82) is 0 Å². The lowest BCUT2D eigenvalue weighted by Gasteiger charge is -2.11. The van der Waals surface area contributed by atoms with E-state index < -0.39 is 10.0 Å². The lowest BCUT2D eigenvalue weighted by Crippen LogP contribution is -2.12. The molecular formula is C15H16ClNO3S. The van der Waals surface area contributed by atoms with Crippen LogP contribution in [0.2, 0.25) is 5.02 Å². The van der Waals surface area contributed by atoms with E-state index in [9.17, 15) is 8.42 Å². The lowest BCUT2D eigenvalue weighted by molar-refractivity contribution is 0.317. The molecule has 112 valence electrons. The van der Waals surface area contributed by atoms with Crippen LogP contribution in [0.5, 0.6) is 5.75 Å². The number of sulfonamides is 1. The Labute approximate surface area is 129 Å². The Hall–Kier alpha value is -1.72. The molecule has 0 aromatic heterocycles. The van der Waals surface area contributed by atoms with E-state index in [0.717, 1.165) is 6.42 Å². The van der Waals surface area contributed by atoms with E-state index in [4.69, 9.17) is 16.3 Å². The molecule has 0 amide bonds. The predicted octanol–water partition coefficient (Wildman–Crippen LogP) is 3.93. The number of rotatable bonds is 6. The summed E-state index contributed by atoms with van der Waals surface area (Å²) in [5.41, 5.74) is 0.396. The highest BCUT2D eigenvalue weighted by atomic mass is 35.5. The second-order valence-electron chi connectivity index (χ2n) is 4.41. The number of ether oxygens (including phenoxy) is 1. The van der Waals surface area contributed by atoms with Crippen molar-refractivity contribution in [3.63, 3.8) is 0 Å². The standard InChI is InChI=1S/C15H16ClNO3S/c1-2-10-20-15-9-8-12(11-14(15)16)17-21(18,19)13-6-4-3-5-7-13/h3-9,11,17H,2,10H2,1H3. The second-order valence-corrected chi connectivity index (χ2v) is 6.50. The maximum Gasteiger partial charge on any atom is 0.261 e. The molecule has 0 aliphatic rings. The van der Waals surface area contributed by atoms with E-state index in [1.165, 1.54) is 18.2 Å². The quantitative estimate of drug-likeness (QED) is 0.875. The van der Waals surface area contributed by atoms with Gasteiger partial charge in [-0.1, -0.05) is 36.7 Å². The first kappa shape index (κ1) is 15.7. The summed E-state index contributed by atoms with van der Waals surface area (Å²) in [5, 5.41) is 0.372. The molecule has 0 bridgehead atoms. The van der Waals surface area contributed by atoms with E-state index in [-0.39, 0.29) is 4.90 Å². The molecule has 1 N–H and O–H groups in total. The Balaban J connectivity index is 2.18. The van der Waals surface area contributed by atoms with Gasteiger partial charge < -0.3 is 4.74 Å². The third-order valence-electron chi connectivity index (χ3n) is 2.70. The summed E-state index contributed by atoms with van der Waals surface area (Å²) >= 11 is 6.08. The van der Waals surface area contributed by atoms with Gasteiger partial charge in [0.2, 0.25) is 0 Å². The molecule has 2 aromatic carbocycles. The third-order valence-corrected chi connectivity index (χ3v) is 4.39. The van der Waals surface area contributed by atoms with E-state index >= 15 is 0 Å². The molecule has 0 radical (unpaired) electrons. The first-order chi connectivity index (χ1) is 10.0. The molecular weight excluding hydrogens is 310 g/mol. The number of hydrogen-bond acceptors (Lipinski definition) is 3. The molecule has 0 spiro atoms. The molecule has 0 heterocycles. The molecule has 0 fully saturated rings. The molecule has 2 rings (SSSR count). The van der Waals surface area contributed by atoms with Crippen LogP contribution >= 0.6 is 11.6 Å². The Morgan fingerprint density at radius 2 is 1.86 bits per heavy atom. The average Bonchev–Trinajstić information content (AvgIpc) is 2.47. The fraction of sp³-hybridized carbons (Fsp3) is 0.200. The van der Waals surface area contributed by atoms with Crippen LogP contribution in [0.25, 0.3) is 0 Å². The van der Waals surface area contributed by atoms with Crippen molar-refractivity contribution in [2.24, 2.45) is 0 Å². The lowest BCUT2D eigenvalue weighted by atomic mass is 10.3. The summed E-state index contributed by atoms with van der Waals surface area (Å²) in [4.78, 5) is 0.201. The van der Waals surface area contributed by atoms with Crippen molar-refractivity contribution in [2.75, 3.05) is 11.3 Å². The highest BCUT2D eigenvalue weighted by Crippen LogP contribution is 2.28. The van der Waals surface area contributed by atoms with Gasteiger partial charge in [0.25, 0.3) is 10.0 Å². The minimum Gasteiger partial charge on any atom is -0.492 e. The molecule has 2 aromatic rings. The van der Waals surface area contributed by atoms with Gasteiger partial charge in [-0.15, -0.1) is 0 Å². The number of hydrogen-bond donors (Lipinski definition) is 1. The molecule has 0 aliphatic carbocycles. The Morgan fingerprint density at radius 1 is 1.14 bits per heavy atom. The molecule has 0 atom stereocenters. The van der Waals surface area contributed by atoms with Gasteiger partial charge >= 0.3 is 0 Å². The van der Waals surface area contributed by atoms with Crippen LogP contribution in [-0.2, 0) is 10.0 Å². The maximum absolute atomic E-state index is 12.2. The first-order valence-electron chi connectivity index (χ1n) is 6.53. The number of nitrogens with one attached hydrogen (secondary N) is 1. The SMILES string of the molecule is CCCOc1ccc(NS(=O)(=O)c2ccccc2)cc1Cl. The molecule has 0 aliphatic heterocycles. The van der Waals surface area contributed by atoms with Gasteiger partial charge in [-0.05, 0) is 36.8 Å². The Kier molecular flexibility index (Phi) is 5.09. The normalized spacial score (nSPS) is 11.1. The Morgan fingerprint density at radius 3 is 2.48 bits per heavy atom. The van der Waals surface area contributed by atoms with Crippen LogP contribution in [0.4, 0.5) is 5.69 Å². The largest absolute Gasteiger partial charge is 0.492 e. The maximum atomic E-state index is 12.2. The van der Waals surface area contributed by atoms with E-state index in [1.54, 1.807) is 30.3 Å². The second kappa shape index (κ2) is 6.83. The van der Waals surface area contributed by atoms with Crippen LogP contribution in [0, 0.1) is 0 Å². The van der Waals surface area contributed by atoms with Crippen molar-refractivity contribution in [2.45, 2.75) is 18.2 Å². The zero-order chi connectivity index (χ0) is 15.3. The Bertz CT molecular complexity index is 702. The van der Waals surface area contributed by atoms with Gasteiger partial charge in [-0.2, -0.15) is 0 Å². The van der Waals surface area contributed by atoms with Crippen molar-refractivity contribution in [3.8, 4) is 5.75 Å². The predicted molar refractivity (Wildman–Crippen MR) is 84.5 cm³/mol. The summed E-state index contributed by atoms with van der Waals surface area (Å²) in [5.74, 6) is 0.543. The van der Waals surface area contributed by atoms with Gasteiger partial charge in [0.15, 0.2) is 0 Å². The fourth-order valence-electron chi connectivity index (χ4n) is 1.71. The van der Waals surface area contributed by atoms with Crippen LogP contribution in [0.15, 0.2) is 53.4 Å². The topological polar surface area (TPSA) is 55.4 Å². The van der Waals surface area contributed by atoms with E-state index in [2.05, 4.69) is 4.72 Å². The monoisotopic (exact) mass is 325 g/mol. The van der Waals surface area contributed by atoms with Crippen LogP contribution < -0.4 is 9.46 Å². The zero-order valence-corrected chi connectivity index (χ0v) is 13.1. The summed E-state index contributed by atoms with van der Waals surface area (Å²) in [6.45, 7) is 2.56. The summed E-state index contributed by atoms with van der Waals surface area (Å²) in [6, 6.07) is 13.0. The molecule has 6 heteroatoms. The van der Waals surface area contributed by atoms with Crippen molar-refractivity contribution in [1.82, 2.24) is 0 Å². The van der Waals surface area contributed by atoms with E-state index in [0.29, 0.717) is 23.1 Å². The van der Waals surface area contributed by atoms with Crippen molar-refractivity contribution >= 4 is 27.3 Å². The van der Waals surface area contributed by atoms with Gasteiger partial charge in [0.05, 0.1) is 22.2 Å². The van der Waals surface area contributed by atoms with Crippen molar-refractivity contribution < 1.29 is 13.2 Å². The van der Waals surface area contributed by atoms with Gasteiger partial charge in [0.1, 0.15) is 5.75 Å². The number of benzene rings is 2.